The van der Waals surface area contributed by atoms with E-state index in [1.165, 1.54) is 26.4 Å². The summed E-state index contributed by atoms with van der Waals surface area (Å²) < 4.78 is 14.6. The second-order valence-electron chi connectivity index (χ2n) is 7.61. The fraction of sp³-hybridized carbons (Fsp3) is 0.364. The molecule has 31 heavy (non-hydrogen) atoms. The molecule has 1 fully saturated rings. The number of methoxy groups -OCH3 is 1. The molecule has 1 aliphatic rings. The van der Waals surface area contributed by atoms with Crippen LogP contribution in [0.25, 0.3) is 17.2 Å². The van der Waals surface area contributed by atoms with Crippen molar-refractivity contribution in [1.82, 2.24) is 24.1 Å². The van der Waals surface area contributed by atoms with Crippen molar-refractivity contribution in [3.63, 3.8) is 0 Å². The fourth-order valence-corrected chi connectivity index (χ4v) is 5.05. The van der Waals surface area contributed by atoms with E-state index in [-0.39, 0.29) is 0 Å². The van der Waals surface area contributed by atoms with Crippen molar-refractivity contribution < 1.29 is 13.9 Å². The SMILES string of the molecule is COC(=O)c1cccn2cc(CSc3nnc(-c4ccco4)n3C3CCCCC3)nc12. The third-order valence-electron chi connectivity index (χ3n) is 5.63. The van der Waals surface area contributed by atoms with Crippen LogP contribution in [0.2, 0.25) is 0 Å². The van der Waals surface area contributed by atoms with Crippen molar-refractivity contribution in [1.29, 1.82) is 0 Å². The Morgan fingerprint density at radius 1 is 1.23 bits per heavy atom. The molecule has 0 radical (unpaired) electrons. The number of hydrogen-bond donors (Lipinski definition) is 0. The van der Waals surface area contributed by atoms with Crippen LogP contribution in [0.15, 0.2) is 52.5 Å². The Kier molecular flexibility index (Phi) is 5.50. The molecule has 1 saturated carbocycles. The number of hydrogen-bond acceptors (Lipinski definition) is 7. The lowest BCUT2D eigenvalue weighted by molar-refractivity contribution is 0.0602. The number of thioether (sulfide) groups is 1. The summed E-state index contributed by atoms with van der Waals surface area (Å²) in [6, 6.07) is 7.71. The summed E-state index contributed by atoms with van der Waals surface area (Å²) in [6.45, 7) is 0. The molecule has 9 heteroatoms. The molecule has 4 aromatic rings. The molecule has 0 saturated heterocycles. The molecule has 5 rings (SSSR count). The minimum atomic E-state index is -0.393. The summed E-state index contributed by atoms with van der Waals surface area (Å²) in [5, 5.41) is 9.80. The average molecular weight is 438 g/mol. The molecule has 0 aromatic carbocycles. The lowest BCUT2D eigenvalue weighted by Crippen LogP contribution is -2.15. The Bertz CT molecular complexity index is 1190. The Labute approximate surface area is 183 Å². The van der Waals surface area contributed by atoms with E-state index in [9.17, 15) is 4.79 Å². The van der Waals surface area contributed by atoms with Gasteiger partial charge >= 0.3 is 5.97 Å². The maximum absolute atomic E-state index is 12.0. The predicted octanol–water partition coefficient (Wildman–Crippen LogP) is 4.77. The Balaban J connectivity index is 1.43. The van der Waals surface area contributed by atoms with E-state index in [0.717, 1.165) is 35.3 Å². The van der Waals surface area contributed by atoms with Gasteiger partial charge in [0.1, 0.15) is 5.56 Å². The Hall–Kier alpha value is -3.07. The molecule has 0 aliphatic heterocycles. The quantitative estimate of drug-likeness (QED) is 0.317. The Morgan fingerprint density at radius 3 is 2.87 bits per heavy atom. The molecule has 0 N–H and O–H groups in total. The zero-order valence-corrected chi connectivity index (χ0v) is 18.0. The van der Waals surface area contributed by atoms with Crippen molar-refractivity contribution in [2.45, 2.75) is 49.1 Å². The van der Waals surface area contributed by atoms with E-state index in [2.05, 4.69) is 19.7 Å². The molecule has 0 unspecified atom stereocenters. The molecule has 0 bridgehead atoms. The van der Waals surface area contributed by atoms with Gasteiger partial charge in [-0.3, -0.25) is 4.57 Å². The zero-order valence-electron chi connectivity index (χ0n) is 17.2. The Morgan fingerprint density at radius 2 is 2.10 bits per heavy atom. The van der Waals surface area contributed by atoms with Gasteiger partial charge in [-0.25, -0.2) is 9.78 Å². The van der Waals surface area contributed by atoms with Crippen LogP contribution in [0.4, 0.5) is 0 Å². The summed E-state index contributed by atoms with van der Waals surface area (Å²) >= 11 is 1.60. The van der Waals surface area contributed by atoms with E-state index < -0.39 is 5.97 Å². The number of ether oxygens (including phenoxy) is 1. The first kappa shape index (κ1) is 19.9. The summed E-state index contributed by atoms with van der Waals surface area (Å²) in [7, 11) is 1.38. The van der Waals surface area contributed by atoms with Crippen LogP contribution in [-0.4, -0.2) is 37.2 Å². The molecular weight excluding hydrogens is 414 g/mol. The zero-order chi connectivity index (χ0) is 21.2. The molecule has 1 aliphatic carbocycles. The predicted molar refractivity (Wildman–Crippen MR) is 116 cm³/mol. The summed E-state index contributed by atoms with van der Waals surface area (Å²) in [5.74, 6) is 1.74. The van der Waals surface area contributed by atoms with E-state index in [1.807, 2.05) is 35.0 Å². The first-order valence-corrected chi connectivity index (χ1v) is 11.4. The van der Waals surface area contributed by atoms with Crippen molar-refractivity contribution in [3.05, 3.63) is 54.2 Å². The van der Waals surface area contributed by atoms with Crippen molar-refractivity contribution >= 4 is 23.4 Å². The van der Waals surface area contributed by atoms with Gasteiger partial charge in [-0.1, -0.05) is 31.0 Å². The van der Waals surface area contributed by atoms with Gasteiger partial charge in [0, 0.05) is 24.2 Å². The lowest BCUT2D eigenvalue weighted by atomic mass is 9.95. The summed E-state index contributed by atoms with van der Waals surface area (Å²) in [4.78, 5) is 16.7. The number of esters is 1. The molecule has 0 amide bonds. The van der Waals surface area contributed by atoms with Crippen molar-refractivity contribution in [3.8, 4) is 11.6 Å². The number of furan rings is 1. The largest absolute Gasteiger partial charge is 0.465 e. The van der Waals surface area contributed by atoms with Gasteiger partial charge in [0.05, 0.1) is 19.1 Å². The van der Waals surface area contributed by atoms with Crippen LogP contribution in [0.1, 0.15) is 54.2 Å². The van der Waals surface area contributed by atoms with Crippen molar-refractivity contribution in [2.75, 3.05) is 7.11 Å². The minimum Gasteiger partial charge on any atom is -0.465 e. The van der Waals surface area contributed by atoms with E-state index in [0.29, 0.717) is 23.0 Å². The van der Waals surface area contributed by atoms with Crippen LogP contribution >= 0.6 is 11.8 Å². The van der Waals surface area contributed by atoms with Gasteiger partial charge in [-0.05, 0) is 37.1 Å². The highest BCUT2D eigenvalue weighted by molar-refractivity contribution is 7.98. The third-order valence-corrected chi connectivity index (χ3v) is 6.61. The summed E-state index contributed by atoms with van der Waals surface area (Å²) in [5.41, 5.74) is 1.90. The highest BCUT2D eigenvalue weighted by atomic mass is 32.2. The molecular formula is C22H23N5O3S. The first-order chi connectivity index (χ1) is 15.2. The molecule has 0 spiro atoms. The minimum absolute atomic E-state index is 0.373. The lowest BCUT2D eigenvalue weighted by Gasteiger charge is -2.25. The number of pyridine rings is 1. The van der Waals surface area contributed by atoms with Gasteiger partial charge < -0.3 is 13.6 Å². The standard InChI is InChI=1S/C22H23N5O3S/c1-29-21(28)17-9-5-11-26-13-15(23-19(17)26)14-31-22-25-24-20(18-10-6-12-30-18)27(22)16-7-3-2-4-8-16/h5-6,9-13,16H,2-4,7-8,14H2,1H3. The van der Waals surface area contributed by atoms with Crippen LogP contribution in [0.5, 0.6) is 0 Å². The monoisotopic (exact) mass is 437 g/mol. The molecule has 160 valence electrons. The number of fused-ring (bicyclic) bond motifs is 1. The fourth-order valence-electron chi connectivity index (χ4n) is 4.16. The molecule has 0 atom stereocenters. The van der Waals surface area contributed by atoms with E-state index >= 15 is 0 Å². The molecule has 4 heterocycles. The number of carbonyl (C=O) groups excluding carboxylic acids is 1. The first-order valence-electron chi connectivity index (χ1n) is 10.4. The highest BCUT2D eigenvalue weighted by Crippen LogP contribution is 2.36. The summed E-state index contributed by atoms with van der Waals surface area (Å²) in [6.07, 6.45) is 11.4. The van der Waals surface area contributed by atoms with Gasteiger partial charge in [-0.2, -0.15) is 0 Å². The number of aromatic nitrogens is 5. The highest BCUT2D eigenvalue weighted by Gasteiger charge is 2.25. The smallest absolute Gasteiger partial charge is 0.341 e. The number of rotatable bonds is 6. The second-order valence-corrected chi connectivity index (χ2v) is 8.55. The molecule has 8 nitrogen and oxygen atoms in total. The van der Waals surface area contributed by atoms with Crippen LogP contribution in [0, 0.1) is 0 Å². The van der Waals surface area contributed by atoms with Crippen LogP contribution in [-0.2, 0) is 10.5 Å². The normalized spacial score (nSPS) is 14.9. The van der Waals surface area contributed by atoms with Gasteiger partial charge in [0.15, 0.2) is 16.6 Å². The average Bonchev–Trinajstić information content (AvgIpc) is 3.56. The molecule has 4 aromatic heterocycles. The van der Waals surface area contributed by atoms with Gasteiger partial charge in [0.25, 0.3) is 0 Å². The van der Waals surface area contributed by atoms with Crippen molar-refractivity contribution in [2.24, 2.45) is 0 Å². The number of nitrogens with zero attached hydrogens (tertiary/aromatic N) is 5. The number of carbonyl (C=O) groups is 1. The maximum Gasteiger partial charge on any atom is 0.341 e. The van der Waals surface area contributed by atoms with E-state index in [4.69, 9.17) is 9.15 Å². The number of imidazole rings is 1. The third kappa shape index (κ3) is 3.85. The van der Waals surface area contributed by atoms with E-state index in [1.54, 1.807) is 24.1 Å². The second kappa shape index (κ2) is 8.58. The van der Waals surface area contributed by atoms with Crippen LogP contribution in [0.3, 0.4) is 0 Å². The topological polar surface area (TPSA) is 87.5 Å². The maximum atomic E-state index is 12.0. The van der Waals surface area contributed by atoms with Gasteiger partial charge in [0.2, 0.25) is 5.82 Å². The van der Waals surface area contributed by atoms with Gasteiger partial charge in [-0.15, -0.1) is 10.2 Å². The van der Waals surface area contributed by atoms with Crippen LogP contribution < -0.4 is 0 Å².